The monoisotopic (exact) mass is 349 g/mol. The minimum Gasteiger partial charge on any atom is -0.490 e. The molecule has 0 amide bonds. The van der Waals surface area contributed by atoms with Crippen molar-refractivity contribution < 1.29 is 14.2 Å². The van der Waals surface area contributed by atoms with Crippen LogP contribution in [0.2, 0.25) is 0 Å². The van der Waals surface area contributed by atoms with Gasteiger partial charge >= 0.3 is 0 Å². The van der Waals surface area contributed by atoms with Crippen LogP contribution in [0, 0.1) is 17.7 Å². The number of para-hydroxylation sites is 1. The topological polar surface area (TPSA) is 41.5 Å². The Morgan fingerprint density at radius 2 is 2.12 bits per heavy atom. The lowest BCUT2D eigenvalue weighted by Crippen LogP contribution is -2.44. The average Bonchev–Trinajstić information content (AvgIpc) is 3.46. The van der Waals surface area contributed by atoms with Gasteiger partial charge in [-0.15, -0.1) is 0 Å². The SMILES string of the molecule is CCCCC[C@@](O)(c1cccc(F)c1OCC1CC1)[C@@H]1CCCNC1. The third-order valence-corrected chi connectivity index (χ3v) is 5.73. The molecular weight excluding hydrogens is 317 g/mol. The number of hydrogen-bond donors (Lipinski definition) is 2. The highest BCUT2D eigenvalue weighted by molar-refractivity contribution is 5.40. The summed E-state index contributed by atoms with van der Waals surface area (Å²) in [6.07, 6.45) is 8.14. The summed E-state index contributed by atoms with van der Waals surface area (Å²) in [4.78, 5) is 0. The molecule has 2 aliphatic rings. The molecule has 25 heavy (non-hydrogen) atoms. The van der Waals surface area contributed by atoms with Gasteiger partial charge in [-0.25, -0.2) is 4.39 Å². The minimum atomic E-state index is -1.02. The number of aliphatic hydroxyl groups is 1. The van der Waals surface area contributed by atoms with E-state index < -0.39 is 5.60 Å². The van der Waals surface area contributed by atoms with Crippen LogP contribution in [-0.4, -0.2) is 24.8 Å². The number of hydrogen-bond acceptors (Lipinski definition) is 3. The van der Waals surface area contributed by atoms with Crippen molar-refractivity contribution in [2.45, 2.75) is 63.9 Å². The molecule has 3 rings (SSSR count). The molecule has 0 spiro atoms. The summed E-state index contributed by atoms with van der Waals surface area (Å²) in [6.45, 7) is 4.49. The molecule has 140 valence electrons. The third kappa shape index (κ3) is 4.53. The molecule has 0 bridgehead atoms. The van der Waals surface area contributed by atoms with Crippen LogP contribution < -0.4 is 10.1 Å². The van der Waals surface area contributed by atoms with Gasteiger partial charge in [0.2, 0.25) is 0 Å². The molecule has 1 aliphatic heterocycles. The van der Waals surface area contributed by atoms with Crippen LogP contribution in [0.15, 0.2) is 18.2 Å². The molecule has 1 saturated heterocycles. The highest BCUT2D eigenvalue weighted by atomic mass is 19.1. The molecule has 3 nitrogen and oxygen atoms in total. The molecule has 2 atom stereocenters. The highest BCUT2D eigenvalue weighted by Crippen LogP contribution is 2.44. The van der Waals surface area contributed by atoms with Crippen molar-refractivity contribution in [2.75, 3.05) is 19.7 Å². The van der Waals surface area contributed by atoms with Gasteiger partial charge in [-0.3, -0.25) is 0 Å². The van der Waals surface area contributed by atoms with Crippen molar-refractivity contribution in [3.63, 3.8) is 0 Å². The molecule has 4 heteroatoms. The molecule has 1 aliphatic carbocycles. The maximum atomic E-state index is 14.6. The second kappa shape index (κ2) is 8.50. The first-order valence-corrected chi connectivity index (χ1v) is 10.00. The van der Waals surface area contributed by atoms with E-state index in [0.717, 1.165) is 58.0 Å². The molecule has 1 aromatic rings. The fourth-order valence-corrected chi connectivity index (χ4v) is 3.94. The average molecular weight is 349 g/mol. The summed E-state index contributed by atoms with van der Waals surface area (Å²) in [6, 6.07) is 5.01. The standard InChI is InChI=1S/C21H32FNO2/c1-2-3-4-12-21(24,17-7-6-13-23-14-17)18-8-5-9-19(22)20(18)25-15-16-10-11-16/h5,8-9,16-17,23-24H,2-4,6-7,10-15H2,1H3/t17-,21+/m1/s1. The van der Waals surface area contributed by atoms with Crippen molar-refractivity contribution >= 4 is 0 Å². The third-order valence-electron chi connectivity index (χ3n) is 5.73. The van der Waals surface area contributed by atoms with E-state index in [4.69, 9.17) is 4.74 Å². The van der Waals surface area contributed by atoms with Crippen molar-refractivity contribution in [3.05, 3.63) is 29.6 Å². The van der Waals surface area contributed by atoms with Crippen LogP contribution in [0.1, 0.15) is 63.9 Å². The lowest BCUT2D eigenvalue weighted by Gasteiger charge is -2.40. The lowest BCUT2D eigenvalue weighted by atomic mass is 9.74. The largest absolute Gasteiger partial charge is 0.490 e. The van der Waals surface area contributed by atoms with Crippen molar-refractivity contribution in [1.82, 2.24) is 5.32 Å². The first-order chi connectivity index (χ1) is 12.1. The summed E-state index contributed by atoms with van der Waals surface area (Å²) in [5.41, 5.74) is -0.373. The summed E-state index contributed by atoms with van der Waals surface area (Å²) < 4.78 is 20.4. The predicted molar refractivity (Wildman–Crippen MR) is 98.3 cm³/mol. The van der Waals surface area contributed by atoms with Crippen LogP contribution in [0.25, 0.3) is 0 Å². The van der Waals surface area contributed by atoms with Gasteiger partial charge in [0, 0.05) is 18.0 Å². The van der Waals surface area contributed by atoms with E-state index in [-0.39, 0.29) is 17.5 Å². The zero-order valence-corrected chi connectivity index (χ0v) is 15.4. The summed E-state index contributed by atoms with van der Waals surface area (Å²) in [7, 11) is 0. The van der Waals surface area contributed by atoms with Gasteiger partial charge in [-0.05, 0) is 50.6 Å². The summed E-state index contributed by atoms with van der Waals surface area (Å²) in [5, 5.41) is 15.1. The van der Waals surface area contributed by atoms with Crippen LogP contribution in [0.3, 0.4) is 0 Å². The molecule has 2 fully saturated rings. The molecule has 0 radical (unpaired) electrons. The summed E-state index contributed by atoms with van der Waals surface area (Å²) in [5.74, 6) is 0.579. The fraction of sp³-hybridized carbons (Fsp3) is 0.714. The van der Waals surface area contributed by atoms with Gasteiger partial charge in [-0.1, -0.05) is 38.3 Å². The molecule has 2 N–H and O–H groups in total. The van der Waals surface area contributed by atoms with E-state index in [0.29, 0.717) is 24.5 Å². The second-order valence-corrected chi connectivity index (χ2v) is 7.80. The number of nitrogens with one attached hydrogen (secondary N) is 1. The zero-order chi connectivity index (χ0) is 17.7. The van der Waals surface area contributed by atoms with Gasteiger partial charge in [0.15, 0.2) is 11.6 Å². The zero-order valence-electron chi connectivity index (χ0n) is 15.4. The van der Waals surface area contributed by atoms with E-state index in [9.17, 15) is 9.50 Å². The van der Waals surface area contributed by atoms with Crippen molar-refractivity contribution in [1.29, 1.82) is 0 Å². The molecule has 0 aromatic heterocycles. The Balaban J connectivity index is 1.88. The van der Waals surface area contributed by atoms with Gasteiger partial charge in [-0.2, -0.15) is 0 Å². The lowest BCUT2D eigenvalue weighted by molar-refractivity contribution is -0.0449. The van der Waals surface area contributed by atoms with Crippen molar-refractivity contribution in [3.8, 4) is 5.75 Å². The van der Waals surface area contributed by atoms with E-state index in [2.05, 4.69) is 12.2 Å². The Morgan fingerprint density at radius 1 is 1.28 bits per heavy atom. The Labute approximate surface area is 151 Å². The highest BCUT2D eigenvalue weighted by Gasteiger charge is 2.41. The fourth-order valence-electron chi connectivity index (χ4n) is 3.94. The first-order valence-electron chi connectivity index (χ1n) is 10.00. The normalized spacial score (nSPS) is 23.2. The van der Waals surface area contributed by atoms with Gasteiger partial charge in [0.05, 0.1) is 12.2 Å². The molecule has 1 heterocycles. The number of halogens is 1. The summed E-state index contributed by atoms with van der Waals surface area (Å²) >= 11 is 0. The molecule has 0 unspecified atom stereocenters. The van der Waals surface area contributed by atoms with Gasteiger partial charge in [0.1, 0.15) is 0 Å². The quantitative estimate of drug-likeness (QED) is 0.650. The Hall–Kier alpha value is -1.13. The number of unbranched alkanes of at least 4 members (excludes halogenated alkanes) is 2. The minimum absolute atomic E-state index is 0.100. The van der Waals surface area contributed by atoms with Gasteiger partial charge in [0.25, 0.3) is 0 Å². The Morgan fingerprint density at radius 3 is 2.80 bits per heavy atom. The first kappa shape index (κ1) is 18.7. The maximum absolute atomic E-state index is 14.6. The number of rotatable bonds is 9. The van der Waals surface area contributed by atoms with Crippen LogP contribution in [0.4, 0.5) is 4.39 Å². The van der Waals surface area contributed by atoms with Gasteiger partial charge < -0.3 is 15.2 Å². The molecular formula is C21H32FNO2. The number of piperidine rings is 1. The van der Waals surface area contributed by atoms with Crippen LogP contribution >= 0.6 is 0 Å². The predicted octanol–water partition coefficient (Wildman–Crippen LogP) is 4.38. The molecule has 1 aromatic carbocycles. The van der Waals surface area contributed by atoms with Crippen LogP contribution in [-0.2, 0) is 5.60 Å². The Kier molecular flexibility index (Phi) is 6.34. The van der Waals surface area contributed by atoms with Crippen molar-refractivity contribution in [2.24, 2.45) is 11.8 Å². The smallest absolute Gasteiger partial charge is 0.165 e. The second-order valence-electron chi connectivity index (χ2n) is 7.80. The van der Waals surface area contributed by atoms with E-state index in [1.54, 1.807) is 6.07 Å². The van der Waals surface area contributed by atoms with E-state index in [1.165, 1.54) is 6.07 Å². The Bertz CT molecular complexity index is 555. The number of ether oxygens (including phenoxy) is 1. The molecule has 1 saturated carbocycles. The van der Waals surface area contributed by atoms with E-state index >= 15 is 0 Å². The maximum Gasteiger partial charge on any atom is 0.165 e. The van der Waals surface area contributed by atoms with E-state index in [1.807, 2.05) is 6.07 Å². The van der Waals surface area contributed by atoms with Crippen LogP contribution in [0.5, 0.6) is 5.75 Å². The number of benzene rings is 1.